The molecule has 0 spiro atoms. The van der Waals surface area contributed by atoms with Crippen LogP contribution in [0.2, 0.25) is 0 Å². The Labute approximate surface area is 98.3 Å². The average Bonchev–Trinajstić information content (AvgIpc) is 2.81. The highest BCUT2D eigenvalue weighted by Crippen LogP contribution is 2.27. The van der Waals surface area contributed by atoms with Gasteiger partial charge in [-0.25, -0.2) is 0 Å². The number of nitrogens with one attached hydrogen (secondary N) is 1. The molecule has 1 saturated carbocycles. The zero-order valence-corrected chi connectivity index (χ0v) is 10.3. The second kappa shape index (κ2) is 7.49. The minimum atomic E-state index is 0.337. The van der Waals surface area contributed by atoms with Crippen molar-refractivity contribution in [3.05, 3.63) is 0 Å². The van der Waals surface area contributed by atoms with Gasteiger partial charge in [-0.2, -0.15) is 0 Å². The largest absolute Gasteiger partial charge is 0.409 e. The van der Waals surface area contributed by atoms with E-state index in [-0.39, 0.29) is 0 Å². The van der Waals surface area contributed by atoms with Crippen molar-refractivity contribution in [1.29, 1.82) is 0 Å². The van der Waals surface area contributed by atoms with E-state index in [0.29, 0.717) is 18.3 Å². The van der Waals surface area contributed by atoms with Crippen LogP contribution in [0.5, 0.6) is 0 Å². The molecule has 1 atom stereocenters. The number of hydrogen-bond acceptors (Lipinski definition) is 3. The van der Waals surface area contributed by atoms with E-state index in [4.69, 9.17) is 10.9 Å². The second-order valence-corrected chi connectivity index (χ2v) is 4.84. The molecule has 1 rings (SSSR count). The highest BCUT2D eigenvalue weighted by Gasteiger charge is 2.20. The first-order valence-electron chi connectivity index (χ1n) is 6.44. The maximum atomic E-state index is 8.37. The zero-order chi connectivity index (χ0) is 11.8. The van der Waals surface area contributed by atoms with Crippen LogP contribution in [0.25, 0.3) is 0 Å². The molecule has 0 radical (unpaired) electrons. The summed E-state index contributed by atoms with van der Waals surface area (Å²) in [5, 5.41) is 14.9. The Morgan fingerprint density at radius 2 is 2.12 bits per heavy atom. The Balaban J connectivity index is 1.98. The number of nitrogens with two attached hydrogens (primary N) is 1. The zero-order valence-electron chi connectivity index (χ0n) is 10.3. The van der Waals surface area contributed by atoms with E-state index in [1.54, 1.807) is 0 Å². The molecule has 0 unspecified atom stereocenters. The van der Waals surface area contributed by atoms with Crippen molar-refractivity contribution in [2.45, 2.75) is 57.9 Å². The molecule has 1 fully saturated rings. The van der Waals surface area contributed by atoms with E-state index in [2.05, 4.69) is 17.4 Å². The lowest BCUT2D eigenvalue weighted by molar-refractivity contribution is 0.316. The topological polar surface area (TPSA) is 70.6 Å². The predicted molar refractivity (Wildman–Crippen MR) is 66.7 cm³/mol. The molecule has 1 aliphatic rings. The third kappa shape index (κ3) is 4.84. The fourth-order valence-electron chi connectivity index (χ4n) is 2.43. The lowest BCUT2D eigenvalue weighted by Crippen LogP contribution is -2.33. The van der Waals surface area contributed by atoms with Crippen LogP contribution >= 0.6 is 0 Å². The number of nitrogens with zero attached hydrogens (tertiary/aromatic N) is 1. The van der Waals surface area contributed by atoms with Gasteiger partial charge >= 0.3 is 0 Å². The molecule has 4 heteroatoms. The minimum absolute atomic E-state index is 0.337. The highest BCUT2D eigenvalue weighted by molar-refractivity contribution is 5.79. The van der Waals surface area contributed by atoms with Crippen LogP contribution < -0.4 is 11.1 Å². The summed E-state index contributed by atoms with van der Waals surface area (Å²) in [6, 6.07) is 0.645. The van der Waals surface area contributed by atoms with Crippen LogP contribution in [0.15, 0.2) is 5.16 Å². The number of hydrogen-bond donors (Lipinski definition) is 3. The second-order valence-electron chi connectivity index (χ2n) is 4.84. The number of unbranched alkanes of at least 4 members (excludes halogenated alkanes) is 1. The Bertz CT molecular complexity index is 212. The van der Waals surface area contributed by atoms with Crippen molar-refractivity contribution >= 4 is 5.84 Å². The van der Waals surface area contributed by atoms with Gasteiger partial charge in [-0.3, -0.25) is 0 Å². The summed E-state index contributed by atoms with van der Waals surface area (Å²) < 4.78 is 0. The molecule has 0 bridgehead atoms. The van der Waals surface area contributed by atoms with Crippen molar-refractivity contribution in [2.75, 3.05) is 6.54 Å². The first-order valence-corrected chi connectivity index (χ1v) is 6.44. The summed E-state index contributed by atoms with van der Waals surface area (Å²) in [6.07, 6.45) is 8.35. The molecule has 0 aromatic heterocycles. The molecule has 94 valence electrons. The smallest absolute Gasteiger partial charge is 0.139 e. The quantitative estimate of drug-likeness (QED) is 0.205. The Morgan fingerprint density at radius 1 is 1.44 bits per heavy atom. The van der Waals surface area contributed by atoms with E-state index < -0.39 is 0 Å². The Hall–Kier alpha value is -0.770. The SMILES string of the molecule is C[C@@H](NCCCCC(N)=NO)C1CCCC1. The van der Waals surface area contributed by atoms with Crippen LogP contribution in [0.3, 0.4) is 0 Å². The lowest BCUT2D eigenvalue weighted by Gasteiger charge is -2.20. The van der Waals surface area contributed by atoms with Gasteiger partial charge < -0.3 is 16.3 Å². The first kappa shape index (κ1) is 13.3. The van der Waals surface area contributed by atoms with Gasteiger partial charge in [0.2, 0.25) is 0 Å². The maximum absolute atomic E-state index is 8.37. The summed E-state index contributed by atoms with van der Waals surface area (Å²) in [4.78, 5) is 0. The molecule has 0 saturated heterocycles. The Kier molecular flexibility index (Phi) is 6.23. The third-order valence-corrected chi connectivity index (χ3v) is 3.56. The molecule has 0 heterocycles. The lowest BCUT2D eigenvalue weighted by atomic mass is 10.00. The van der Waals surface area contributed by atoms with Gasteiger partial charge in [-0.05, 0) is 45.1 Å². The summed E-state index contributed by atoms with van der Waals surface area (Å²) in [7, 11) is 0. The maximum Gasteiger partial charge on any atom is 0.139 e. The van der Waals surface area contributed by atoms with Gasteiger partial charge in [0.25, 0.3) is 0 Å². The molecule has 0 aromatic carbocycles. The summed E-state index contributed by atoms with van der Waals surface area (Å²) in [6.45, 7) is 3.33. The molecular formula is C12H25N3O. The van der Waals surface area contributed by atoms with E-state index in [9.17, 15) is 0 Å². The van der Waals surface area contributed by atoms with Gasteiger partial charge in [0, 0.05) is 12.5 Å². The number of oxime groups is 1. The Morgan fingerprint density at radius 3 is 2.75 bits per heavy atom. The number of rotatable bonds is 7. The molecule has 16 heavy (non-hydrogen) atoms. The molecule has 0 aromatic rings. The molecule has 0 amide bonds. The minimum Gasteiger partial charge on any atom is -0.409 e. The third-order valence-electron chi connectivity index (χ3n) is 3.56. The molecule has 0 aliphatic heterocycles. The van der Waals surface area contributed by atoms with Crippen LogP contribution in [-0.4, -0.2) is 23.6 Å². The normalized spacial score (nSPS) is 20.2. The first-order chi connectivity index (χ1) is 7.74. The van der Waals surface area contributed by atoms with Gasteiger partial charge in [0.1, 0.15) is 5.84 Å². The predicted octanol–water partition coefficient (Wildman–Crippen LogP) is 2.07. The van der Waals surface area contributed by atoms with Gasteiger partial charge in [-0.1, -0.05) is 18.0 Å². The van der Waals surface area contributed by atoms with Gasteiger partial charge in [0.15, 0.2) is 0 Å². The summed E-state index contributed by atoms with van der Waals surface area (Å²) in [5.41, 5.74) is 5.39. The van der Waals surface area contributed by atoms with Crippen molar-refractivity contribution in [3.8, 4) is 0 Å². The molecule has 4 N–H and O–H groups in total. The average molecular weight is 227 g/mol. The van der Waals surface area contributed by atoms with Crippen molar-refractivity contribution < 1.29 is 5.21 Å². The highest BCUT2D eigenvalue weighted by atomic mass is 16.4. The fourth-order valence-corrected chi connectivity index (χ4v) is 2.43. The van der Waals surface area contributed by atoms with Crippen molar-refractivity contribution in [3.63, 3.8) is 0 Å². The standard InChI is InChI=1S/C12H25N3O/c1-10(11-6-2-3-7-11)14-9-5-4-8-12(13)15-16/h10-11,14,16H,2-9H2,1H3,(H2,13,15)/t10-/m1/s1. The molecule has 1 aliphatic carbocycles. The van der Waals surface area contributed by atoms with E-state index in [0.717, 1.165) is 25.3 Å². The number of amidine groups is 1. The van der Waals surface area contributed by atoms with Crippen LogP contribution in [-0.2, 0) is 0 Å². The summed E-state index contributed by atoms with van der Waals surface area (Å²) >= 11 is 0. The van der Waals surface area contributed by atoms with Crippen molar-refractivity contribution in [2.24, 2.45) is 16.8 Å². The monoisotopic (exact) mass is 227 g/mol. The van der Waals surface area contributed by atoms with Crippen molar-refractivity contribution in [1.82, 2.24) is 5.32 Å². The van der Waals surface area contributed by atoms with Crippen LogP contribution in [0.4, 0.5) is 0 Å². The van der Waals surface area contributed by atoms with Crippen LogP contribution in [0, 0.1) is 5.92 Å². The molecule has 4 nitrogen and oxygen atoms in total. The van der Waals surface area contributed by atoms with E-state index in [1.165, 1.54) is 25.7 Å². The van der Waals surface area contributed by atoms with Gasteiger partial charge in [0.05, 0.1) is 0 Å². The van der Waals surface area contributed by atoms with E-state index >= 15 is 0 Å². The van der Waals surface area contributed by atoms with E-state index in [1.807, 2.05) is 0 Å². The summed E-state index contributed by atoms with van der Waals surface area (Å²) in [5.74, 6) is 1.22. The fraction of sp³-hybridized carbons (Fsp3) is 0.917. The van der Waals surface area contributed by atoms with Gasteiger partial charge in [-0.15, -0.1) is 0 Å². The van der Waals surface area contributed by atoms with Crippen LogP contribution in [0.1, 0.15) is 51.9 Å². The molecular weight excluding hydrogens is 202 g/mol.